The number of carbonyl (C=O) groups is 1. The molecule has 2 aromatic heterocycles. The van der Waals surface area contributed by atoms with Crippen LogP contribution in [-0.4, -0.2) is 34.9 Å². The fourth-order valence-corrected chi connectivity index (χ4v) is 3.08. The standard InChI is InChI=1S/C23H20N4O3/c1-29-20-9-8-16(14-21(20)30-2)22-19(23(28)25-17-10-12-24-13-11-17)15-27(26-22)18-6-4-3-5-7-18/h3-15H,1-2H3,(H,24,25,28). The van der Waals surface area contributed by atoms with Gasteiger partial charge in [0.15, 0.2) is 11.5 Å². The van der Waals surface area contributed by atoms with Crippen LogP contribution in [0.25, 0.3) is 16.9 Å². The van der Waals surface area contributed by atoms with Crippen molar-refractivity contribution in [3.05, 3.63) is 84.8 Å². The molecule has 0 saturated heterocycles. The summed E-state index contributed by atoms with van der Waals surface area (Å²) in [6.45, 7) is 0. The van der Waals surface area contributed by atoms with Crippen LogP contribution in [0.1, 0.15) is 10.4 Å². The highest BCUT2D eigenvalue weighted by molar-refractivity contribution is 6.08. The molecule has 30 heavy (non-hydrogen) atoms. The molecule has 0 aliphatic carbocycles. The Morgan fingerprint density at radius 2 is 1.67 bits per heavy atom. The van der Waals surface area contributed by atoms with Crippen molar-refractivity contribution in [2.24, 2.45) is 0 Å². The molecule has 0 radical (unpaired) electrons. The van der Waals surface area contributed by atoms with Gasteiger partial charge in [-0.05, 0) is 42.5 Å². The monoisotopic (exact) mass is 400 g/mol. The van der Waals surface area contributed by atoms with Crippen LogP contribution in [-0.2, 0) is 0 Å². The van der Waals surface area contributed by atoms with Crippen molar-refractivity contribution in [1.82, 2.24) is 14.8 Å². The zero-order valence-electron chi connectivity index (χ0n) is 16.6. The number of benzene rings is 2. The lowest BCUT2D eigenvalue weighted by molar-refractivity contribution is 0.102. The van der Waals surface area contributed by atoms with Gasteiger partial charge in [0.1, 0.15) is 5.69 Å². The van der Waals surface area contributed by atoms with Crippen LogP contribution in [0.3, 0.4) is 0 Å². The number of hydrogen-bond acceptors (Lipinski definition) is 5. The van der Waals surface area contributed by atoms with Crippen LogP contribution in [0.4, 0.5) is 5.69 Å². The third-order valence-electron chi connectivity index (χ3n) is 4.57. The molecule has 7 nitrogen and oxygen atoms in total. The SMILES string of the molecule is COc1ccc(-c2nn(-c3ccccc3)cc2C(=O)Nc2ccncc2)cc1OC. The van der Waals surface area contributed by atoms with E-state index in [4.69, 9.17) is 14.6 Å². The van der Waals surface area contributed by atoms with Crippen LogP contribution in [0.5, 0.6) is 11.5 Å². The molecule has 0 saturated carbocycles. The van der Waals surface area contributed by atoms with Crippen molar-refractivity contribution >= 4 is 11.6 Å². The summed E-state index contributed by atoms with van der Waals surface area (Å²) in [5.41, 5.74) is 3.21. The highest BCUT2D eigenvalue weighted by Gasteiger charge is 2.20. The molecule has 0 bridgehead atoms. The van der Waals surface area contributed by atoms with Gasteiger partial charge in [-0.2, -0.15) is 5.10 Å². The number of nitrogens with one attached hydrogen (secondary N) is 1. The number of pyridine rings is 1. The van der Waals surface area contributed by atoms with Gasteiger partial charge in [0.05, 0.1) is 25.5 Å². The molecule has 0 atom stereocenters. The number of ether oxygens (including phenoxy) is 2. The van der Waals surface area contributed by atoms with Gasteiger partial charge in [-0.25, -0.2) is 4.68 Å². The van der Waals surface area contributed by atoms with Crippen LogP contribution >= 0.6 is 0 Å². The lowest BCUT2D eigenvalue weighted by Gasteiger charge is -2.09. The molecule has 7 heteroatoms. The second-order valence-electron chi connectivity index (χ2n) is 6.43. The Kier molecular flexibility index (Phi) is 5.43. The molecule has 0 aliphatic heterocycles. The fraction of sp³-hybridized carbons (Fsp3) is 0.0870. The second-order valence-corrected chi connectivity index (χ2v) is 6.43. The molecule has 0 unspecified atom stereocenters. The van der Waals surface area contributed by atoms with Crippen LogP contribution in [0.15, 0.2) is 79.3 Å². The predicted octanol–water partition coefficient (Wildman–Crippen LogP) is 4.20. The van der Waals surface area contributed by atoms with E-state index in [0.29, 0.717) is 28.4 Å². The van der Waals surface area contributed by atoms with Gasteiger partial charge in [0.2, 0.25) is 0 Å². The molecule has 1 amide bonds. The van der Waals surface area contributed by atoms with Crippen molar-refractivity contribution < 1.29 is 14.3 Å². The highest BCUT2D eigenvalue weighted by Crippen LogP contribution is 2.33. The molecule has 0 spiro atoms. The topological polar surface area (TPSA) is 78.3 Å². The first-order chi connectivity index (χ1) is 14.7. The minimum absolute atomic E-state index is 0.270. The average Bonchev–Trinajstić information content (AvgIpc) is 3.25. The number of methoxy groups -OCH3 is 2. The number of carbonyl (C=O) groups excluding carboxylic acids is 1. The zero-order valence-corrected chi connectivity index (χ0v) is 16.6. The quantitative estimate of drug-likeness (QED) is 0.525. The van der Waals surface area contributed by atoms with Gasteiger partial charge < -0.3 is 14.8 Å². The normalized spacial score (nSPS) is 10.5. The average molecular weight is 400 g/mol. The van der Waals surface area contributed by atoms with Gasteiger partial charge in [-0.15, -0.1) is 0 Å². The van der Waals surface area contributed by atoms with E-state index in [1.807, 2.05) is 36.4 Å². The Hall–Kier alpha value is -4.13. The smallest absolute Gasteiger partial charge is 0.259 e. The number of nitrogens with zero attached hydrogens (tertiary/aromatic N) is 3. The van der Waals surface area contributed by atoms with Gasteiger partial charge in [-0.3, -0.25) is 9.78 Å². The molecule has 4 rings (SSSR count). The molecule has 2 aromatic carbocycles. The van der Waals surface area contributed by atoms with E-state index in [9.17, 15) is 4.79 Å². The highest BCUT2D eigenvalue weighted by atomic mass is 16.5. The minimum Gasteiger partial charge on any atom is -0.493 e. The van der Waals surface area contributed by atoms with Crippen LogP contribution in [0.2, 0.25) is 0 Å². The lowest BCUT2D eigenvalue weighted by atomic mass is 10.1. The lowest BCUT2D eigenvalue weighted by Crippen LogP contribution is -2.12. The third-order valence-corrected chi connectivity index (χ3v) is 4.57. The summed E-state index contributed by atoms with van der Waals surface area (Å²) in [5.74, 6) is 0.893. The van der Waals surface area contributed by atoms with Crippen molar-refractivity contribution in [3.63, 3.8) is 0 Å². The number of para-hydroxylation sites is 1. The summed E-state index contributed by atoms with van der Waals surface area (Å²) in [6.07, 6.45) is 4.97. The first-order valence-corrected chi connectivity index (χ1v) is 9.28. The predicted molar refractivity (Wildman–Crippen MR) is 114 cm³/mol. The van der Waals surface area contributed by atoms with Crippen molar-refractivity contribution in [3.8, 4) is 28.4 Å². The second kappa shape index (κ2) is 8.48. The summed E-state index contributed by atoms with van der Waals surface area (Å²) in [4.78, 5) is 17.1. The number of aromatic nitrogens is 3. The van der Waals surface area contributed by atoms with Crippen molar-refractivity contribution in [1.29, 1.82) is 0 Å². The van der Waals surface area contributed by atoms with Gasteiger partial charge >= 0.3 is 0 Å². The van der Waals surface area contributed by atoms with E-state index in [2.05, 4.69) is 10.3 Å². The molecule has 1 N–H and O–H groups in total. The zero-order chi connectivity index (χ0) is 20.9. The first kappa shape index (κ1) is 19.2. The third kappa shape index (κ3) is 3.86. The largest absolute Gasteiger partial charge is 0.493 e. The number of amides is 1. The molecular formula is C23H20N4O3. The summed E-state index contributed by atoms with van der Waals surface area (Å²) in [5, 5.41) is 7.59. The first-order valence-electron chi connectivity index (χ1n) is 9.28. The molecule has 4 aromatic rings. The Bertz CT molecular complexity index is 1160. The molecular weight excluding hydrogens is 380 g/mol. The fourth-order valence-electron chi connectivity index (χ4n) is 3.08. The van der Waals surface area contributed by atoms with Crippen LogP contribution < -0.4 is 14.8 Å². The Morgan fingerprint density at radius 3 is 2.37 bits per heavy atom. The Morgan fingerprint density at radius 1 is 0.933 bits per heavy atom. The van der Waals surface area contributed by atoms with Crippen molar-refractivity contribution in [2.45, 2.75) is 0 Å². The van der Waals surface area contributed by atoms with Crippen molar-refractivity contribution in [2.75, 3.05) is 19.5 Å². The van der Waals surface area contributed by atoms with E-state index >= 15 is 0 Å². The van der Waals surface area contributed by atoms with Gasteiger partial charge in [0, 0.05) is 29.8 Å². The molecule has 150 valence electrons. The molecule has 0 aliphatic rings. The maximum absolute atomic E-state index is 13.1. The molecule has 0 fully saturated rings. The number of rotatable bonds is 6. The summed E-state index contributed by atoms with van der Waals surface area (Å²) in [6, 6.07) is 18.5. The summed E-state index contributed by atoms with van der Waals surface area (Å²) >= 11 is 0. The van der Waals surface area contributed by atoms with Crippen LogP contribution in [0, 0.1) is 0 Å². The van der Waals surface area contributed by atoms with E-state index in [-0.39, 0.29) is 5.91 Å². The number of anilines is 1. The van der Waals surface area contributed by atoms with E-state index in [1.165, 1.54) is 0 Å². The van der Waals surface area contributed by atoms with E-state index in [0.717, 1.165) is 11.3 Å². The Labute approximate surface area is 173 Å². The van der Waals surface area contributed by atoms with Gasteiger partial charge in [0.25, 0.3) is 5.91 Å². The Balaban J connectivity index is 1.80. The van der Waals surface area contributed by atoms with Gasteiger partial charge in [-0.1, -0.05) is 18.2 Å². The molecule has 2 heterocycles. The maximum atomic E-state index is 13.1. The van der Waals surface area contributed by atoms with E-state index in [1.54, 1.807) is 61.8 Å². The number of hydrogen-bond donors (Lipinski definition) is 1. The minimum atomic E-state index is -0.270. The maximum Gasteiger partial charge on any atom is 0.259 e. The summed E-state index contributed by atoms with van der Waals surface area (Å²) in [7, 11) is 3.15. The van der Waals surface area contributed by atoms with E-state index < -0.39 is 0 Å². The summed E-state index contributed by atoms with van der Waals surface area (Å²) < 4.78 is 12.4.